The summed E-state index contributed by atoms with van der Waals surface area (Å²) >= 11 is 0. The molecule has 2 aromatic carbocycles. The van der Waals surface area contributed by atoms with Crippen molar-refractivity contribution in [3.05, 3.63) is 63.7 Å². The van der Waals surface area contributed by atoms with Gasteiger partial charge in [0.05, 0.1) is 29.1 Å². The van der Waals surface area contributed by atoms with Crippen LogP contribution in [0.25, 0.3) is 0 Å². The van der Waals surface area contributed by atoms with Gasteiger partial charge in [0.15, 0.2) is 11.5 Å². The molecule has 3 atom stereocenters. The van der Waals surface area contributed by atoms with Crippen LogP contribution in [0.2, 0.25) is 0 Å². The Morgan fingerprint density at radius 1 is 1.15 bits per heavy atom. The summed E-state index contributed by atoms with van der Waals surface area (Å²) in [6.07, 6.45) is -0.856. The Labute approximate surface area is 154 Å². The Morgan fingerprint density at radius 2 is 1.93 bits per heavy atom. The van der Waals surface area contributed by atoms with Crippen LogP contribution in [0.3, 0.4) is 0 Å². The highest BCUT2D eigenvalue weighted by molar-refractivity contribution is 5.76. The van der Waals surface area contributed by atoms with Gasteiger partial charge in [-0.3, -0.25) is 14.9 Å². The lowest BCUT2D eigenvalue weighted by molar-refractivity contribution is -0.386. The zero-order valence-electron chi connectivity index (χ0n) is 14.2. The molecule has 0 saturated carbocycles. The molecule has 1 saturated heterocycles. The van der Waals surface area contributed by atoms with Gasteiger partial charge < -0.3 is 19.3 Å². The lowest BCUT2D eigenvalue weighted by Crippen LogP contribution is -2.26. The third-order valence-electron chi connectivity index (χ3n) is 4.95. The number of nitrogens with zero attached hydrogens (tertiary/aromatic N) is 1. The molecule has 1 fully saturated rings. The van der Waals surface area contributed by atoms with Crippen LogP contribution in [0.4, 0.5) is 5.69 Å². The normalized spacial score (nSPS) is 21.7. The van der Waals surface area contributed by atoms with Crippen molar-refractivity contribution in [1.29, 1.82) is 0 Å². The molecule has 0 bridgehead atoms. The molecule has 0 spiro atoms. The monoisotopic (exact) mass is 371 g/mol. The average Bonchev–Trinajstić information content (AvgIpc) is 3.27. The number of para-hydroxylation sites is 1. The van der Waals surface area contributed by atoms with E-state index in [1.165, 1.54) is 18.2 Å². The average molecular weight is 371 g/mol. The second-order valence-electron chi connectivity index (χ2n) is 6.57. The molecule has 1 N–H and O–H groups in total. The highest BCUT2D eigenvalue weighted by Crippen LogP contribution is 2.40. The summed E-state index contributed by atoms with van der Waals surface area (Å²) in [4.78, 5) is 23.0. The fourth-order valence-corrected chi connectivity index (χ4v) is 3.62. The first kappa shape index (κ1) is 17.3. The predicted octanol–water partition coefficient (Wildman–Crippen LogP) is 2.39. The highest BCUT2D eigenvalue weighted by Gasteiger charge is 2.44. The number of nitro benzene ring substituents is 1. The maximum Gasteiger partial charge on any atom is 0.312 e. The minimum Gasteiger partial charge on any atom is -0.465 e. The molecule has 2 aliphatic rings. The van der Waals surface area contributed by atoms with E-state index in [0.717, 1.165) is 5.56 Å². The van der Waals surface area contributed by atoms with Crippen molar-refractivity contribution < 1.29 is 29.0 Å². The van der Waals surface area contributed by atoms with Gasteiger partial charge in [-0.05, 0) is 30.2 Å². The van der Waals surface area contributed by atoms with E-state index in [1.54, 1.807) is 12.1 Å². The second-order valence-corrected chi connectivity index (χ2v) is 6.57. The lowest BCUT2D eigenvalue weighted by Gasteiger charge is -2.21. The van der Waals surface area contributed by atoms with E-state index in [4.69, 9.17) is 14.2 Å². The van der Waals surface area contributed by atoms with E-state index in [2.05, 4.69) is 0 Å². The number of hydrogen-bond donors (Lipinski definition) is 1. The molecule has 0 aliphatic carbocycles. The molecule has 2 aliphatic heterocycles. The Balaban J connectivity index is 1.59. The lowest BCUT2D eigenvalue weighted by atomic mass is 9.82. The number of rotatable bonds is 5. The van der Waals surface area contributed by atoms with Gasteiger partial charge in [0.2, 0.25) is 6.79 Å². The molecule has 4 rings (SSSR count). The van der Waals surface area contributed by atoms with Crippen LogP contribution in [-0.2, 0) is 16.0 Å². The molecule has 8 nitrogen and oxygen atoms in total. The van der Waals surface area contributed by atoms with Crippen molar-refractivity contribution in [1.82, 2.24) is 0 Å². The van der Waals surface area contributed by atoms with Gasteiger partial charge >= 0.3 is 5.97 Å². The Morgan fingerprint density at radius 3 is 2.74 bits per heavy atom. The van der Waals surface area contributed by atoms with Gasteiger partial charge in [0.25, 0.3) is 5.69 Å². The molecule has 0 radical (unpaired) electrons. The second kappa shape index (κ2) is 6.88. The SMILES string of the molecule is O=C1OC[C@H](Cc2ccc3c(c2)OCO3)[C@H]1C(O)c1ccccc1[N+](=O)[O-]. The van der Waals surface area contributed by atoms with Crippen LogP contribution >= 0.6 is 0 Å². The van der Waals surface area contributed by atoms with E-state index in [1.807, 2.05) is 12.1 Å². The van der Waals surface area contributed by atoms with E-state index in [-0.39, 0.29) is 30.6 Å². The van der Waals surface area contributed by atoms with Crippen LogP contribution in [0.15, 0.2) is 42.5 Å². The zero-order valence-corrected chi connectivity index (χ0v) is 14.2. The summed E-state index contributed by atoms with van der Waals surface area (Å²) in [5, 5.41) is 22.0. The Kier molecular flexibility index (Phi) is 4.41. The predicted molar refractivity (Wildman–Crippen MR) is 92.3 cm³/mol. The van der Waals surface area contributed by atoms with Crippen molar-refractivity contribution in [2.75, 3.05) is 13.4 Å². The van der Waals surface area contributed by atoms with E-state index in [0.29, 0.717) is 17.9 Å². The van der Waals surface area contributed by atoms with Gasteiger partial charge in [0, 0.05) is 12.0 Å². The first-order valence-corrected chi connectivity index (χ1v) is 8.51. The number of cyclic esters (lactones) is 1. The number of nitro groups is 1. The molecule has 1 unspecified atom stereocenters. The maximum atomic E-state index is 12.3. The molecule has 0 aromatic heterocycles. The third-order valence-corrected chi connectivity index (χ3v) is 4.95. The summed E-state index contributed by atoms with van der Waals surface area (Å²) < 4.78 is 15.8. The van der Waals surface area contributed by atoms with Crippen molar-refractivity contribution in [2.24, 2.45) is 11.8 Å². The topological polar surface area (TPSA) is 108 Å². The summed E-state index contributed by atoms with van der Waals surface area (Å²) in [5.74, 6) is -0.446. The molecule has 27 heavy (non-hydrogen) atoms. The first-order valence-electron chi connectivity index (χ1n) is 8.51. The van der Waals surface area contributed by atoms with Gasteiger partial charge in [-0.25, -0.2) is 0 Å². The Hall–Kier alpha value is -3.13. The van der Waals surface area contributed by atoms with E-state index < -0.39 is 22.9 Å². The molecule has 2 heterocycles. The number of aliphatic hydroxyl groups is 1. The summed E-state index contributed by atoms with van der Waals surface area (Å²) in [7, 11) is 0. The third kappa shape index (κ3) is 3.19. The molecular weight excluding hydrogens is 354 g/mol. The number of carbonyl (C=O) groups is 1. The number of benzene rings is 2. The fraction of sp³-hybridized carbons (Fsp3) is 0.316. The number of esters is 1. The van der Waals surface area contributed by atoms with Crippen molar-refractivity contribution in [2.45, 2.75) is 12.5 Å². The zero-order chi connectivity index (χ0) is 19.0. The molecule has 0 amide bonds. The largest absolute Gasteiger partial charge is 0.465 e. The number of hydrogen-bond acceptors (Lipinski definition) is 7. The standard InChI is InChI=1S/C19H17NO7/c21-18(13-3-1-2-4-14(13)20(23)24)17-12(9-25-19(17)22)7-11-5-6-15-16(8-11)27-10-26-15/h1-6,8,12,17-18,21H,7,9-10H2/t12-,17-,18?/m0/s1. The van der Waals surface area contributed by atoms with Crippen molar-refractivity contribution in [3.8, 4) is 11.5 Å². The number of ether oxygens (including phenoxy) is 3. The van der Waals surface area contributed by atoms with Crippen LogP contribution < -0.4 is 9.47 Å². The van der Waals surface area contributed by atoms with Gasteiger partial charge in [-0.2, -0.15) is 0 Å². The Bertz CT molecular complexity index is 897. The first-order chi connectivity index (χ1) is 13.0. The quantitative estimate of drug-likeness (QED) is 0.488. The summed E-state index contributed by atoms with van der Waals surface area (Å²) in [6, 6.07) is 11.4. The molecule has 2 aromatic rings. The van der Waals surface area contributed by atoms with Crippen LogP contribution in [0.5, 0.6) is 11.5 Å². The minimum atomic E-state index is -1.32. The van der Waals surface area contributed by atoms with Crippen LogP contribution in [-0.4, -0.2) is 29.4 Å². The number of fused-ring (bicyclic) bond motifs is 1. The van der Waals surface area contributed by atoms with Crippen LogP contribution in [0.1, 0.15) is 17.2 Å². The van der Waals surface area contributed by atoms with E-state index >= 15 is 0 Å². The minimum absolute atomic E-state index is 0.113. The van der Waals surface area contributed by atoms with Crippen LogP contribution in [0, 0.1) is 22.0 Å². The molecule has 8 heteroatoms. The smallest absolute Gasteiger partial charge is 0.312 e. The molecular formula is C19H17NO7. The number of aliphatic hydroxyl groups excluding tert-OH is 1. The summed E-state index contributed by atoms with van der Waals surface area (Å²) in [5.41, 5.74) is 0.802. The fourth-order valence-electron chi connectivity index (χ4n) is 3.62. The molecule has 140 valence electrons. The number of carbonyl (C=O) groups excluding carboxylic acids is 1. The van der Waals surface area contributed by atoms with Gasteiger partial charge in [-0.15, -0.1) is 0 Å². The van der Waals surface area contributed by atoms with Gasteiger partial charge in [-0.1, -0.05) is 18.2 Å². The van der Waals surface area contributed by atoms with Gasteiger partial charge in [0.1, 0.15) is 0 Å². The van der Waals surface area contributed by atoms with Crippen molar-refractivity contribution >= 4 is 11.7 Å². The summed E-state index contributed by atoms with van der Waals surface area (Å²) in [6.45, 7) is 0.318. The maximum absolute atomic E-state index is 12.3. The van der Waals surface area contributed by atoms with Crippen molar-refractivity contribution in [3.63, 3.8) is 0 Å². The highest BCUT2D eigenvalue weighted by atomic mass is 16.7. The van der Waals surface area contributed by atoms with E-state index in [9.17, 15) is 20.0 Å².